The summed E-state index contributed by atoms with van der Waals surface area (Å²) >= 11 is 7.23. The molecule has 8 heteroatoms. The van der Waals surface area contributed by atoms with Gasteiger partial charge in [-0.3, -0.25) is 19.5 Å². The van der Waals surface area contributed by atoms with Crippen LogP contribution in [0.4, 0.5) is 0 Å². The second kappa shape index (κ2) is 9.34. The molecule has 1 saturated heterocycles. The lowest BCUT2D eigenvalue weighted by Crippen LogP contribution is -2.37. The number of para-hydroxylation sites is 1. The monoisotopic (exact) mass is 417 g/mol. The molecule has 2 aromatic rings. The van der Waals surface area contributed by atoms with Crippen LogP contribution in [0.2, 0.25) is 0 Å². The lowest BCUT2D eigenvalue weighted by Gasteiger charge is -2.23. The van der Waals surface area contributed by atoms with E-state index in [-0.39, 0.29) is 25.1 Å². The minimum absolute atomic E-state index is 0.145. The van der Waals surface area contributed by atoms with E-state index in [0.29, 0.717) is 18.1 Å². The van der Waals surface area contributed by atoms with E-state index in [4.69, 9.17) is 21.9 Å². The van der Waals surface area contributed by atoms with Crippen LogP contribution in [0, 0.1) is 0 Å². The summed E-state index contributed by atoms with van der Waals surface area (Å²) in [5.41, 5.74) is 1.74. The average molecular weight is 418 g/mol. The fourth-order valence-electron chi connectivity index (χ4n) is 3.23. The summed E-state index contributed by atoms with van der Waals surface area (Å²) in [6, 6.07) is 11.5. The Hall–Kier alpha value is -2.19. The van der Waals surface area contributed by atoms with E-state index in [0.717, 1.165) is 22.3 Å². The zero-order valence-electron chi connectivity index (χ0n) is 16.0. The molecule has 1 atom stereocenters. The van der Waals surface area contributed by atoms with Crippen LogP contribution in [0.15, 0.2) is 36.4 Å². The number of rotatable bonds is 8. The van der Waals surface area contributed by atoms with Gasteiger partial charge in [-0.15, -0.1) is 0 Å². The van der Waals surface area contributed by atoms with Crippen molar-refractivity contribution in [1.29, 1.82) is 0 Å². The van der Waals surface area contributed by atoms with Crippen molar-refractivity contribution in [3.05, 3.63) is 42.1 Å². The van der Waals surface area contributed by atoms with Gasteiger partial charge in [-0.05, 0) is 49.7 Å². The third-order valence-electron chi connectivity index (χ3n) is 4.58. The number of carbonyl (C=O) groups excluding carboxylic acids is 2. The van der Waals surface area contributed by atoms with E-state index >= 15 is 0 Å². The number of thiocarbonyl (C=S) groups is 1. The van der Waals surface area contributed by atoms with E-state index < -0.39 is 5.97 Å². The second-order valence-corrected chi connectivity index (χ2v) is 7.78. The van der Waals surface area contributed by atoms with E-state index in [1.54, 1.807) is 18.7 Å². The van der Waals surface area contributed by atoms with Gasteiger partial charge >= 0.3 is 5.97 Å². The predicted molar refractivity (Wildman–Crippen MR) is 115 cm³/mol. The van der Waals surface area contributed by atoms with E-state index in [9.17, 15) is 9.59 Å². The van der Waals surface area contributed by atoms with Gasteiger partial charge < -0.3 is 9.64 Å². The smallest absolute Gasteiger partial charge is 0.326 e. The molecule has 2 heterocycles. The fourth-order valence-corrected chi connectivity index (χ4v) is 4.04. The van der Waals surface area contributed by atoms with E-state index in [2.05, 4.69) is 0 Å². The SMILES string of the molecule is CCOC(=O)CN1C(=O)C(CCSC)N(Cc2ccc3ccccc3n2)C1=S. The number of hydrogen-bond donors (Lipinski definition) is 0. The fraction of sp³-hybridized carbons (Fsp3) is 0.400. The van der Waals surface area contributed by atoms with Gasteiger partial charge in [0.2, 0.25) is 0 Å². The Balaban J connectivity index is 1.83. The Kier molecular flexibility index (Phi) is 6.85. The number of carbonyl (C=O) groups is 2. The second-order valence-electron chi connectivity index (χ2n) is 6.43. The Morgan fingerprint density at radius 2 is 2.07 bits per heavy atom. The van der Waals surface area contributed by atoms with Crippen LogP contribution in [0.5, 0.6) is 0 Å². The number of ether oxygens (including phenoxy) is 1. The number of amides is 1. The topological polar surface area (TPSA) is 62.7 Å². The highest BCUT2D eigenvalue weighted by molar-refractivity contribution is 7.98. The summed E-state index contributed by atoms with van der Waals surface area (Å²) in [6.07, 6.45) is 2.66. The zero-order chi connectivity index (χ0) is 20.1. The van der Waals surface area contributed by atoms with Crippen LogP contribution in [-0.4, -0.2) is 63.0 Å². The van der Waals surface area contributed by atoms with Crippen LogP contribution in [0.3, 0.4) is 0 Å². The maximum Gasteiger partial charge on any atom is 0.326 e. The van der Waals surface area contributed by atoms with Gasteiger partial charge in [0.1, 0.15) is 12.6 Å². The van der Waals surface area contributed by atoms with Crippen LogP contribution in [-0.2, 0) is 20.9 Å². The first-order valence-corrected chi connectivity index (χ1v) is 11.0. The Morgan fingerprint density at radius 1 is 1.29 bits per heavy atom. The number of thioether (sulfide) groups is 1. The largest absolute Gasteiger partial charge is 0.465 e. The van der Waals surface area contributed by atoms with Crippen molar-refractivity contribution in [1.82, 2.24) is 14.8 Å². The van der Waals surface area contributed by atoms with Gasteiger partial charge in [0, 0.05) is 5.39 Å². The van der Waals surface area contributed by atoms with Crippen molar-refractivity contribution >= 4 is 51.9 Å². The molecule has 0 N–H and O–H groups in total. The molecule has 148 valence electrons. The summed E-state index contributed by atoms with van der Waals surface area (Å²) < 4.78 is 4.99. The van der Waals surface area contributed by atoms with Crippen LogP contribution in [0.1, 0.15) is 19.0 Å². The Labute approximate surface area is 174 Å². The highest BCUT2D eigenvalue weighted by Gasteiger charge is 2.42. The third-order valence-corrected chi connectivity index (χ3v) is 5.68. The number of pyridine rings is 1. The summed E-state index contributed by atoms with van der Waals surface area (Å²) in [5.74, 6) is 0.230. The lowest BCUT2D eigenvalue weighted by atomic mass is 10.1. The van der Waals surface area contributed by atoms with Gasteiger partial charge in [0.05, 0.1) is 24.4 Å². The summed E-state index contributed by atoms with van der Waals surface area (Å²) in [6.45, 7) is 2.28. The van der Waals surface area contributed by atoms with E-state index in [1.165, 1.54) is 4.90 Å². The number of benzene rings is 1. The lowest BCUT2D eigenvalue weighted by molar-refractivity contribution is -0.146. The molecule has 0 bridgehead atoms. The maximum atomic E-state index is 12.9. The van der Waals surface area contributed by atoms with Gasteiger partial charge in [0.25, 0.3) is 5.91 Å². The Bertz CT molecular complexity index is 890. The molecule has 1 unspecified atom stereocenters. The van der Waals surface area contributed by atoms with Gasteiger partial charge in [-0.2, -0.15) is 11.8 Å². The number of hydrogen-bond acceptors (Lipinski definition) is 6. The number of nitrogens with zero attached hydrogens (tertiary/aromatic N) is 3. The minimum atomic E-state index is -0.451. The molecule has 6 nitrogen and oxygen atoms in total. The van der Waals surface area contributed by atoms with E-state index in [1.807, 2.05) is 47.6 Å². The average Bonchev–Trinajstić information content (AvgIpc) is 2.90. The molecule has 1 fully saturated rings. The molecule has 1 aliphatic rings. The highest BCUT2D eigenvalue weighted by Crippen LogP contribution is 2.24. The van der Waals surface area contributed by atoms with Crippen molar-refractivity contribution in [3.8, 4) is 0 Å². The highest BCUT2D eigenvalue weighted by atomic mass is 32.2. The molecule has 1 aliphatic heterocycles. The number of fused-ring (bicyclic) bond motifs is 1. The molecule has 1 aromatic carbocycles. The first-order chi connectivity index (χ1) is 13.5. The standard InChI is InChI=1S/C20H23N3O3S2/c1-3-26-18(24)13-23-19(25)17(10-11-28-2)22(20(23)27)12-15-9-8-14-6-4-5-7-16(14)21-15/h4-9,17H,3,10-13H2,1-2H3. The molecular formula is C20H23N3O3S2. The maximum absolute atomic E-state index is 12.9. The predicted octanol–water partition coefficient (Wildman–Crippen LogP) is 2.85. The first-order valence-electron chi connectivity index (χ1n) is 9.16. The molecule has 1 aromatic heterocycles. The van der Waals surface area contributed by atoms with Crippen molar-refractivity contribution in [2.45, 2.75) is 25.9 Å². The molecule has 0 radical (unpaired) electrons. The minimum Gasteiger partial charge on any atom is -0.465 e. The number of esters is 1. The molecular weight excluding hydrogens is 394 g/mol. The third kappa shape index (κ3) is 4.44. The molecule has 0 aliphatic carbocycles. The van der Waals surface area contributed by atoms with Crippen LogP contribution >= 0.6 is 24.0 Å². The van der Waals surface area contributed by atoms with Crippen LogP contribution < -0.4 is 0 Å². The summed E-state index contributed by atoms with van der Waals surface area (Å²) in [5, 5.41) is 1.42. The van der Waals surface area contributed by atoms with Gasteiger partial charge in [-0.1, -0.05) is 24.3 Å². The van der Waals surface area contributed by atoms with Crippen molar-refractivity contribution in [2.24, 2.45) is 0 Å². The van der Waals surface area contributed by atoms with Gasteiger partial charge in [-0.25, -0.2) is 0 Å². The van der Waals surface area contributed by atoms with Gasteiger partial charge in [0.15, 0.2) is 5.11 Å². The Morgan fingerprint density at radius 3 is 2.82 bits per heavy atom. The molecule has 0 spiro atoms. The first kappa shape index (κ1) is 20.5. The summed E-state index contributed by atoms with van der Waals surface area (Å²) in [4.78, 5) is 32.8. The molecule has 28 heavy (non-hydrogen) atoms. The van der Waals surface area contributed by atoms with Crippen molar-refractivity contribution in [2.75, 3.05) is 25.2 Å². The zero-order valence-corrected chi connectivity index (χ0v) is 17.6. The van der Waals surface area contributed by atoms with Crippen molar-refractivity contribution in [3.63, 3.8) is 0 Å². The number of aromatic nitrogens is 1. The van der Waals surface area contributed by atoms with Crippen molar-refractivity contribution < 1.29 is 14.3 Å². The van der Waals surface area contributed by atoms with Crippen LogP contribution in [0.25, 0.3) is 10.9 Å². The quantitative estimate of drug-likeness (QED) is 0.483. The normalized spacial score (nSPS) is 16.9. The molecule has 3 rings (SSSR count). The molecule has 1 amide bonds. The molecule has 0 saturated carbocycles. The summed E-state index contributed by atoms with van der Waals surface area (Å²) in [7, 11) is 0.